The summed E-state index contributed by atoms with van der Waals surface area (Å²) in [5, 5.41) is 3.40. The van der Waals surface area contributed by atoms with Gasteiger partial charge in [0, 0.05) is 37.0 Å². The Morgan fingerprint density at radius 1 is 1.21 bits per heavy atom. The molecular weight excluding hydrogens is 376 g/mol. The van der Waals surface area contributed by atoms with Crippen molar-refractivity contribution in [2.45, 2.75) is 44.4 Å². The van der Waals surface area contributed by atoms with Gasteiger partial charge in [-0.05, 0) is 43.9 Å². The lowest BCUT2D eigenvalue weighted by Crippen LogP contribution is -2.48. The molecule has 2 heterocycles. The van der Waals surface area contributed by atoms with Gasteiger partial charge in [-0.15, -0.1) is 0 Å². The van der Waals surface area contributed by atoms with Gasteiger partial charge in [-0.2, -0.15) is 0 Å². The van der Waals surface area contributed by atoms with E-state index in [0.29, 0.717) is 11.6 Å². The van der Waals surface area contributed by atoms with Crippen molar-refractivity contribution in [3.63, 3.8) is 0 Å². The highest BCUT2D eigenvalue weighted by atomic mass is 35.5. The van der Waals surface area contributed by atoms with E-state index in [1.165, 1.54) is 0 Å². The molecule has 6 nitrogen and oxygen atoms in total. The van der Waals surface area contributed by atoms with Gasteiger partial charge in [0.1, 0.15) is 5.82 Å². The van der Waals surface area contributed by atoms with Crippen molar-refractivity contribution >= 4 is 34.4 Å². The molecule has 2 N–H and O–H groups in total. The third-order valence-corrected chi connectivity index (χ3v) is 6.48. The Hall–Kier alpha value is -2.08. The fraction of sp³-hybridized carbons (Fsp3) is 0.571. The van der Waals surface area contributed by atoms with Crippen LogP contribution in [-0.4, -0.2) is 46.8 Å². The van der Waals surface area contributed by atoms with E-state index in [2.05, 4.69) is 10.3 Å². The van der Waals surface area contributed by atoms with Crippen LogP contribution in [0.25, 0.3) is 11.0 Å². The van der Waals surface area contributed by atoms with Crippen molar-refractivity contribution in [1.82, 2.24) is 20.2 Å². The lowest BCUT2D eigenvalue weighted by Gasteiger charge is -2.37. The number of nitrogens with zero attached hydrogens (tertiary/aromatic N) is 2. The number of rotatable bonds is 3. The number of likely N-dealkylation sites (tertiary alicyclic amines) is 1. The Balaban J connectivity index is 1.55. The normalized spacial score (nSPS) is 25.6. The van der Waals surface area contributed by atoms with Crippen molar-refractivity contribution in [3.8, 4) is 0 Å². The lowest BCUT2D eigenvalue weighted by atomic mass is 9.77. The quantitative estimate of drug-likeness (QED) is 0.825. The van der Waals surface area contributed by atoms with Gasteiger partial charge in [0.05, 0.1) is 17.0 Å². The molecule has 2 aromatic rings. The van der Waals surface area contributed by atoms with E-state index in [0.717, 1.165) is 61.9 Å². The second-order valence-corrected chi connectivity index (χ2v) is 8.46. The summed E-state index contributed by atoms with van der Waals surface area (Å²) in [7, 11) is 1.66. The molecule has 1 aliphatic carbocycles. The number of halogens is 1. The standard InChI is InChI=1S/C21H27ClN4O2/c1-23-20(27)13-5-4-10-26(12-13)21(28)16-7-3-2-6-15(16)19-24-17-9-8-14(22)11-18(17)25-19/h8-9,11,13,15-16H,2-7,10,12H2,1H3,(H,23,27)(H,24,25). The first-order valence-corrected chi connectivity index (χ1v) is 10.6. The summed E-state index contributed by atoms with van der Waals surface area (Å²) in [6.07, 6.45) is 5.73. The Labute approximate surface area is 170 Å². The van der Waals surface area contributed by atoms with Gasteiger partial charge in [0.15, 0.2) is 0 Å². The molecular formula is C21H27ClN4O2. The molecule has 0 radical (unpaired) electrons. The second-order valence-electron chi connectivity index (χ2n) is 8.02. The molecule has 1 aromatic carbocycles. The molecule has 1 aromatic heterocycles. The maximum absolute atomic E-state index is 13.4. The molecule has 1 saturated heterocycles. The molecule has 0 bridgehead atoms. The predicted octanol–water partition coefficient (Wildman–Crippen LogP) is 3.47. The average molecular weight is 403 g/mol. The maximum Gasteiger partial charge on any atom is 0.226 e. The van der Waals surface area contributed by atoms with E-state index in [-0.39, 0.29) is 29.6 Å². The summed E-state index contributed by atoms with van der Waals surface area (Å²) >= 11 is 6.10. The van der Waals surface area contributed by atoms with Crippen LogP contribution in [0.2, 0.25) is 5.02 Å². The minimum Gasteiger partial charge on any atom is -0.359 e. The molecule has 3 atom stereocenters. The van der Waals surface area contributed by atoms with Crippen molar-refractivity contribution in [3.05, 3.63) is 29.0 Å². The Bertz CT molecular complexity index is 880. The zero-order chi connectivity index (χ0) is 19.7. The van der Waals surface area contributed by atoms with Crippen molar-refractivity contribution in [2.75, 3.05) is 20.1 Å². The molecule has 3 unspecified atom stereocenters. The SMILES string of the molecule is CNC(=O)C1CCCN(C(=O)C2CCCCC2c2nc3ccc(Cl)cc3[nH]2)C1. The van der Waals surface area contributed by atoms with Gasteiger partial charge < -0.3 is 15.2 Å². The van der Waals surface area contributed by atoms with E-state index in [1.54, 1.807) is 7.05 Å². The minimum atomic E-state index is -0.0990. The number of carbonyl (C=O) groups excluding carboxylic acids is 2. The number of aromatic nitrogens is 2. The summed E-state index contributed by atoms with van der Waals surface area (Å²) < 4.78 is 0. The first kappa shape index (κ1) is 19.2. The third-order valence-electron chi connectivity index (χ3n) is 6.25. The average Bonchev–Trinajstić information content (AvgIpc) is 3.15. The molecule has 2 aliphatic rings. The lowest BCUT2D eigenvalue weighted by molar-refractivity contribution is -0.140. The van der Waals surface area contributed by atoms with Crippen LogP contribution in [0.5, 0.6) is 0 Å². The second kappa shape index (κ2) is 8.11. The first-order chi connectivity index (χ1) is 13.6. The first-order valence-electron chi connectivity index (χ1n) is 10.2. The number of aromatic amines is 1. The smallest absolute Gasteiger partial charge is 0.226 e. The van der Waals surface area contributed by atoms with E-state index in [4.69, 9.17) is 16.6 Å². The number of fused-ring (bicyclic) bond motifs is 1. The van der Waals surface area contributed by atoms with Crippen LogP contribution in [0.15, 0.2) is 18.2 Å². The zero-order valence-corrected chi connectivity index (χ0v) is 17.0. The summed E-state index contributed by atoms with van der Waals surface area (Å²) in [5.41, 5.74) is 1.80. The summed E-state index contributed by atoms with van der Waals surface area (Å²) in [4.78, 5) is 35.5. The van der Waals surface area contributed by atoms with Crippen LogP contribution in [0, 0.1) is 11.8 Å². The van der Waals surface area contributed by atoms with Crippen molar-refractivity contribution in [2.24, 2.45) is 11.8 Å². The van der Waals surface area contributed by atoms with Crippen molar-refractivity contribution in [1.29, 1.82) is 0 Å². The van der Waals surface area contributed by atoms with Crippen LogP contribution in [0.1, 0.15) is 50.3 Å². The van der Waals surface area contributed by atoms with Gasteiger partial charge in [-0.3, -0.25) is 9.59 Å². The maximum atomic E-state index is 13.4. The number of benzene rings is 1. The van der Waals surface area contributed by atoms with Gasteiger partial charge in [-0.1, -0.05) is 24.4 Å². The van der Waals surface area contributed by atoms with E-state index >= 15 is 0 Å². The number of amides is 2. The fourth-order valence-corrected chi connectivity index (χ4v) is 4.93. The predicted molar refractivity (Wildman–Crippen MR) is 109 cm³/mol. The number of hydrogen-bond acceptors (Lipinski definition) is 3. The van der Waals surface area contributed by atoms with E-state index in [1.807, 2.05) is 23.1 Å². The molecule has 1 aliphatic heterocycles. The van der Waals surface area contributed by atoms with Gasteiger partial charge in [0.25, 0.3) is 0 Å². The number of hydrogen-bond donors (Lipinski definition) is 2. The molecule has 2 fully saturated rings. The highest BCUT2D eigenvalue weighted by Crippen LogP contribution is 2.39. The van der Waals surface area contributed by atoms with Crippen LogP contribution in [0.4, 0.5) is 0 Å². The Kier molecular flexibility index (Phi) is 5.58. The zero-order valence-electron chi connectivity index (χ0n) is 16.2. The Morgan fingerprint density at radius 2 is 2.04 bits per heavy atom. The minimum absolute atomic E-state index is 0.0341. The topological polar surface area (TPSA) is 78.1 Å². The number of H-pyrrole nitrogens is 1. The molecule has 1 saturated carbocycles. The van der Waals surface area contributed by atoms with Crippen LogP contribution in [0.3, 0.4) is 0 Å². The summed E-state index contributed by atoms with van der Waals surface area (Å²) in [5.74, 6) is 1.01. The van der Waals surface area contributed by atoms with Gasteiger partial charge in [0.2, 0.25) is 11.8 Å². The fourth-order valence-electron chi connectivity index (χ4n) is 4.76. The number of nitrogens with one attached hydrogen (secondary N) is 2. The molecule has 150 valence electrons. The largest absolute Gasteiger partial charge is 0.359 e. The van der Waals surface area contributed by atoms with E-state index < -0.39 is 0 Å². The molecule has 7 heteroatoms. The van der Waals surface area contributed by atoms with Crippen LogP contribution in [-0.2, 0) is 9.59 Å². The number of carbonyl (C=O) groups is 2. The summed E-state index contributed by atoms with van der Waals surface area (Å²) in [6, 6.07) is 5.63. The highest BCUT2D eigenvalue weighted by Gasteiger charge is 2.38. The molecule has 0 spiro atoms. The number of piperidine rings is 1. The van der Waals surface area contributed by atoms with Crippen molar-refractivity contribution < 1.29 is 9.59 Å². The monoisotopic (exact) mass is 402 g/mol. The van der Waals surface area contributed by atoms with E-state index in [9.17, 15) is 9.59 Å². The third kappa shape index (κ3) is 3.75. The van der Waals surface area contributed by atoms with Gasteiger partial charge >= 0.3 is 0 Å². The van der Waals surface area contributed by atoms with Crippen LogP contribution >= 0.6 is 11.6 Å². The van der Waals surface area contributed by atoms with Crippen LogP contribution < -0.4 is 5.32 Å². The molecule has 4 rings (SSSR count). The number of imidazole rings is 1. The molecule has 28 heavy (non-hydrogen) atoms. The summed E-state index contributed by atoms with van der Waals surface area (Å²) in [6.45, 7) is 1.27. The highest BCUT2D eigenvalue weighted by molar-refractivity contribution is 6.31. The molecule has 2 amide bonds. The Morgan fingerprint density at radius 3 is 2.86 bits per heavy atom. The van der Waals surface area contributed by atoms with Gasteiger partial charge in [-0.25, -0.2) is 4.98 Å².